The monoisotopic (exact) mass is 400 g/mol. The molecule has 0 bridgehead atoms. The highest BCUT2D eigenvalue weighted by Gasteiger charge is 2.16. The summed E-state index contributed by atoms with van der Waals surface area (Å²) in [6, 6.07) is 3.59. The summed E-state index contributed by atoms with van der Waals surface area (Å²) in [7, 11) is -6.49. The van der Waals surface area contributed by atoms with Gasteiger partial charge >= 0.3 is 5.97 Å². The Balaban J connectivity index is 2.91. The number of primary sulfonamides is 1. The summed E-state index contributed by atoms with van der Waals surface area (Å²) in [4.78, 5) is 10.8. The molecular weight excluding hydrogens is 388 g/mol. The average Bonchev–Trinajstić information content (AvgIpc) is 2.37. The molecule has 0 amide bonds. The van der Waals surface area contributed by atoms with Crippen molar-refractivity contribution in [1.82, 2.24) is 0 Å². The molecule has 1 aromatic carbocycles. The Bertz CT molecular complexity index is 745. The number of halogens is 1. The SMILES string of the molecule is COC(=O)CCS(=O)(=O)Nc1ccc(S(N)(=O)=O)cc1Br. The summed E-state index contributed by atoms with van der Waals surface area (Å²) in [5.74, 6) is -1.10. The molecule has 3 N–H and O–H groups in total. The molecule has 0 spiro atoms. The second-order valence-electron chi connectivity index (χ2n) is 3.93. The molecule has 1 rings (SSSR count). The Morgan fingerprint density at radius 1 is 1.33 bits per heavy atom. The number of nitrogens with two attached hydrogens (primary N) is 1. The lowest BCUT2D eigenvalue weighted by Gasteiger charge is -2.10. The van der Waals surface area contributed by atoms with Gasteiger partial charge in [0.1, 0.15) is 0 Å². The Morgan fingerprint density at radius 2 is 1.95 bits per heavy atom. The number of methoxy groups -OCH3 is 1. The van der Waals surface area contributed by atoms with Gasteiger partial charge in [0.05, 0.1) is 29.9 Å². The minimum Gasteiger partial charge on any atom is -0.469 e. The smallest absolute Gasteiger partial charge is 0.306 e. The van der Waals surface area contributed by atoms with Gasteiger partial charge in [0, 0.05) is 4.47 Å². The van der Waals surface area contributed by atoms with Crippen molar-refractivity contribution in [3.63, 3.8) is 0 Å². The molecule has 118 valence electrons. The van der Waals surface area contributed by atoms with Crippen LogP contribution in [0.1, 0.15) is 6.42 Å². The average molecular weight is 401 g/mol. The number of benzene rings is 1. The lowest BCUT2D eigenvalue weighted by atomic mass is 10.3. The molecule has 0 fully saturated rings. The van der Waals surface area contributed by atoms with Gasteiger partial charge in [0.2, 0.25) is 20.0 Å². The van der Waals surface area contributed by atoms with Crippen molar-refractivity contribution in [3.8, 4) is 0 Å². The van der Waals surface area contributed by atoms with Crippen molar-refractivity contribution in [2.24, 2.45) is 5.14 Å². The molecule has 0 unspecified atom stereocenters. The predicted molar refractivity (Wildman–Crippen MR) is 79.6 cm³/mol. The zero-order valence-corrected chi connectivity index (χ0v) is 14.1. The van der Waals surface area contributed by atoms with Crippen LogP contribution in [-0.4, -0.2) is 35.7 Å². The largest absolute Gasteiger partial charge is 0.469 e. The summed E-state index contributed by atoms with van der Waals surface area (Å²) >= 11 is 3.05. The minimum absolute atomic E-state index is 0.132. The fourth-order valence-electron chi connectivity index (χ4n) is 1.29. The van der Waals surface area contributed by atoms with Crippen LogP contribution in [0, 0.1) is 0 Å². The fraction of sp³-hybridized carbons (Fsp3) is 0.300. The molecule has 0 aliphatic rings. The zero-order valence-electron chi connectivity index (χ0n) is 10.9. The van der Waals surface area contributed by atoms with Crippen LogP contribution < -0.4 is 9.86 Å². The van der Waals surface area contributed by atoms with Crippen LogP contribution in [0.15, 0.2) is 27.6 Å². The number of hydrogen-bond acceptors (Lipinski definition) is 6. The number of carbonyl (C=O) groups is 1. The number of nitrogens with one attached hydrogen (secondary N) is 1. The van der Waals surface area contributed by atoms with E-state index in [1.165, 1.54) is 12.1 Å². The van der Waals surface area contributed by atoms with E-state index in [0.29, 0.717) is 0 Å². The highest BCUT2D eigenvalue weighted by atomic mass is 79.9. The number of anilines is 1. The first-order chi connectivity index (χ1) is 9.55. The molecular formula is C10H13BrN2O6S2. The van der Waals surface area contributed by atoms with E-state index in [1.54, 1.807) is 0 Å². The summed E-state index contributed by atoms with van der Waals surface area (Å²) in [6.45, 7) is 0. The highest BCUT2D eigenvalue weighted by Crippen LogP contribution is 2.26. The standard InChI is InChI=1S/C10H13BrN2O6S2/c1-19-10(14)4-5-20(15,16)13-9-3-2-7(6-8(9)11)21(12,17)18/h2-3,6,13H,4-5H2,1H3,(H2,12,17,18). The van der Waals surface area contributed by atoms with Crippen LogP contribution in [0.4, 0.5) is 5.69 Å². The summed E-state index contributed by atoms with van der Waals surface area (Å²) in [6.07, 6.45) is -0.293. The van der Waals surface area contributed by atoms with E-state index in [4.69, 9.17) is 5.14 Å². The molecule has 11 heteroatoms. The van der Waals surface area contributed by atoms with E-state index in [9.17, 15) is 21.6 Å². The number of esters is 1. The van der Waals surface area contributed by atoms with Gasteiger partial charge in [-0.25, -0.2) is 22.0 Å². The number of ether oxygens (including phenoxy) is 1. The molecule has 0 aliphatic carbocycles. The Labute approximate surface area is 130 Å². The Morgan fingerprint density at radius 3 is 2.43 bits per heavy atom. The minimum atomic E-state index is -3.88. The van der Waals surface area contributed by atoms with E-state index >= 15 is 0 Å². The third kappa shape index (κ3) is 5.61. The van der Waals surface area contributed by atoms with Crippen LogP contribution in [-0.2, 0) is 29.6 Å². The molecule has 1 aromatic rings. The molecule has 8 nitrogen and oxygen atoms in total. The van der Waals surface area contributed by atoms with Crippen molar-refractivity contribution >= 4 is 47.6 Å². The first-order valence-corrected chi connectivity index (χ1v) is 9.44. The number of sulfonamides is 2. The summed E-state index contributed by atoms with van der Waals surface area (Å²) in [5, 5.41) is 4.96. The Hall–Kier alpha value is -1.17. The van der Waals surface area contributed by atoms with Crippen LogP contribution in [0.5, 0.6) is 0 Å². The molecule has 0 atom stereocenters. The van der Waals surface area contributed by atoms with Crippen molar-refractivity contribution in [2.45, 2.75) is 11.3 Å². The van der Waals surface area contributed by atoms with E-state index in [2.05, 4.69) is 25.4 Å². The fourth-order valence-corrected chi connectivity index (χ4v) is 3.64. The van der Waals surface area contributed by atoms with Gasteiger partial charge in [-0.1, -0.05) is 0 Å². The van der Waals surface area contributed by atoms with Gasteiger partial charge in [0.15, 0.2) is 0 Å². The molecule has 0 radical (unpaired) electrons. The second kappa shape index (κ2) is 6.73. The Kier molecular flexibility index (Phi) is 5.73. The molecule has 0 aliphatic heterocycles. The third-order valence-corrected chi connectivity index (χ3v) is 5.18. The summed E-state index contributed by atoms with van der Waals surface area (Å²) < 4.78 is 52.6. The van der Waals surface area contributed by atoms with E-state index in [1.807, 2.05) is 0 Å². The van der Waals surface area contributed by atoms with Gasteiger partial charge in [-0.15, -0.1) is 0 Å². The van der Waals surface area contributed by atoms with E-state index in [-0.39, 0.29) is 21.5 Å². The van der Waals surface area contributed by atoms with Gasteiger partial charge in [-0.05, 0) is 34.1 Å². The zero-order chi connectivity index (χ0) is 16.3. The maximum Gasteiger partial charge on any atom is 0.306 e. The lowest BCUT2D eigenvalue weighted by molar-refractivity contribution is -0.140. The highest BCUT2D eigenvalue weighted by molar-refractivity contribution is 9.10. The quantitative estimate of drug-likeness (QED) is 0.663. The first kappa shape index (κ1) is 17.9. The van der Waals surface area contributed by atoms with Crippen LogP contribution in [0.25, 0.3) is 0 Å². The van der Waals surface area contributed by atoms with Crippen molar-refractivity contribution in [2.75, 3.05) is 17.6 Å². The normalized spacial score (nSPS) is 12.0. The van der Waals surface area contributed by atoms with Gasteiger partial charge in [-0.2, -0.15) is 0 Å². The number of carbonyl (C=O) groups excluding carboxylic acids is 1. The maximum absolute atomic E-state index is 11.8. The second-order valence-corrected chi connectivity index (χ2v) is 8.19. The maximum atomic E-state index is 11.8. The van der Waals surface area contributed by atoms with Crippen molar-refractivity contribution < 1.29 is 26.4 Å². The van der Waals surface area contributed by atoms with Crippen LogP contribution in [0.3, 0.4) is 0 Å². The van der Waals surface area contributed by atoms with Gasteiger partial charge < -0.3 is 4.74 Å². The molecule has 0 aromatic heterocycles. The van der Waals surface area contributed by atoms with E-state index < -0.39 is 31.8 Å². The molecule has 0 saturated carbocycles. The number of hydrogen-bond donors (Lipinski definition) is 2. The lowest BCUT2D eigenvalue weighted by Crippen LogP contribution is -2.20. The van der Waals surface area contributed by atoms with Crippen molar-refractivity contribution in [3.05, 3.63) is 22.7 Å². The summed E-state index contributed by atoms with van der Waals surface area (Å²) in [5.41, 5.74) is 0.132. The molecule has 0 heterocycles. The first-order valence-electron chi connectivity index (χ1n) is 5.45. The van der Waals surface area contributed by atoms with Gasteiger partial charge in [0.25, 0.3) is 0 Å². The molecule has 21 heavy (non-hydrogen) atoms. The van der Waals surface area contributed by atoms with E-state index in [0.717, 1.165) is 13.2 Å². The number of rotatable bonds is 6. The van der Waals surface area contributed by atoms with Crippen LogP contribution >= 0.6 is 15.9 Å². The van der Waals surface area contributed by atoms with Crippen LogP contribution in [0.2, 0.25) is 0 Å². The third-order valence-electron chi connectivity index (χ3n) is 2.34. The van der Waals surface area contributed by atoms with Crippen molar-refractivity contribution in [1.29, 1.82) is 0 Å². The molecule has 0 saturated heterocycles. The topological polar surface area (TPSA) is 133 Å². The predicted octanol–water partition coefficient (Wildman–Crippen LogP) is 0.401. The van der Waals surface area contributed by atoms with Gasteiger partial charge in [-0.3, -0.25) is 9.52 Å².